The van der Waals surface area contributed by atoms with Crippen LogP contribution in [-0.2, 0) is 0 Å². The number of ether oxygens (including phenoxy) is 1. The van der Waals surface area contributed by atoms with Crippen LogP contribution in [0.2, 0.25) is 5.15 Å². The van der Waals surface area contributed by atoms with Crippen LogP contribution in [0.4, 0.5) is 5.13 Å². The molecule has 1 fully saturated rings. The summed E-state index contributed by atoms with van der Waals surface area (Å²) in [6, 6.07) is 3.49. The third-order valence-electron chi connectivity index (χ3n) is 4.72. The van der Waals surface area contributed by atoms with Gasteiger partial charge in [0.15, 0.2) is 0 Å². The number of aryl methyl sites for hydroxylation is 1. The maximum absolute atomic E-state index is 13.0. The first-order valence-electron chi connectivity index (χ1n) is 8.77. The van der Waals surface area contributed by atoms with E-state index < -0.39 is 0 Å². The number of nitrogens with one attached hydrogen (secondary N) is 1. The van der Waals surface area contributed by atoms with Gasteiger partial charge in [-0.05, 0) is 31.4 Å². The zero-order valence-corrected chi connectivity index (χ0v) is 17.1. The second kappa shape index (κ2) is 7.44. The van der Waals surface area contributed by atoms with Crippen molar-refractivity contribution in [2.75, 3.05) is 12.4 Å². The fraction of sp³-hybridized carbons (Fsp3) is 0.316. The van der Waals surface area contributed by atoms with Gasteiger partial charge in [-0.25, -0.2) is 4.98 Å². The molecule has 144 valence electrons. The van der Waals surface area contributed by atoms with E-state index in [4.69, 9.17) is 16.3 Å². The van der Waals surface area contributed by atoms with Crippen LogP contribution in [0, 0.1) is 12.8 Å². The van der Waals surface area contributed by atoms with Crippen molar-refractivity contribution in [1.29, 1.82) is 0 Å². The van der Waals surface area contributed by atoms with E-state index in [2.05, 4.69) is 32.4 Å². The summed E-state index contributed by atoms with van der Waals surface area (Å²) in [5, 5.41) is 12.9. The Hall–Kier alpha value is -2.58. The minimum atomic E-state index is -0.316. The molecule has 3 heterocycles. The molecular weight excluding hydrogens is 398 g/mol. The summed E-state index contributed by atoms with van der Waals surface area (Å²) < 4.78 is 5.40. The highest BCUT2D eigenvalue weighted by atomic mass is 35.5. The van der Waals surface area contributed by atoms with Gasteiger partial charge in [-0.3, -0.25) is 15.1 Å². The molecule has 0 spiro atoms. The standard InChI is InChI=1S/C19H18ClN5O2S/c1-9-4-11(9)18-24-25-19(28-18)23-17(26)14-7-21-10(2)5-12(14)13-6-16(20)22-8-15(13)27-3/h5-9,11H,4H2,1-3H3,(H,23,25,26)/t9-,11-/m1/s1. The summed E-state index contributed by atoms with van der Waals surface area (Å²) in [6.07, 6.45) is 4.19. The molecule has 0 saturated heterocycles. The van der Waals surface area contributed by atoms with E-state index in [1.807, 2.05) is 13.0 Å². The molecule has 3 aromatic rings. The quantitative estimate of drug-likeness (QED) is 0.623. The molecule has 7 nitrogen and oxygen atoms in total. The minimum absolute atomic E-state index is 0.309. The lowest BCUT2D eigenvalue weighted by molar-refractivity contribution is 0.102. The molecular formula is C19H18ClN5O2S. The molecule has 1 amide bonds. The number of hydrogen-bond donors (Lipinski definition) is 1. The van der Waals surface area contributed by atoms with Gasteiger partial charge in [0.1, 0.15) is 15.9 Å². The lowest BCUT2D eigenvalue weighted by atomic mass is 10.0. The average molecular weight is 416 g/mol. The fourth-order valence-corrected chi connectivity index (χ4v) is 4.16. The number of pyridine rings is 2. The van der Waals surface area contributed by atoms with Crippen LogP contribution in [0.3, 0.4) is 0 Å². The van der Waals surface area contributed by atoms with Crippen LogP contribution in [0.25, 0.3) is 11.1 Å². The summed E-state index contributed by atoms with van der Waals surface area (Å²) in [6.45, 7) is 4.04. The molecule has 4 rings (SSSR count). The smallest absolute Gasteiger partial charge is 0.259 e. The van der Waals surface area contributed by atoms with E-state index in [0.29, 0.717) is 44.6 Å². The molecule has 0 unspecified atom stereocenters. The predicted octanol–water partition coefficient (Wildman–Crippen LogP) is 4.34. The molecule has 3 aromatic heterocycles. The summed E-state index contributed by atoms with van der Waals surface area (Å²) in [5.74, 6) is 1.30. The Morgan fingerprint density at radius 1 is 1.25 bits per heavy atom. The number of hydrogen-bond acceptors (Lipinski definition) is 7. The third-order valence-corrected chi connectivity index (χ3v) is 5.89. The average Bonchev–Trinajstić information content (AvgIpc) is 3.22. The lowest BCUT2D eigenvalue weighted by Crippen LogP contribution is -2.14. The van der Waals surface area contributed by atoms with Crippen molar-refractivity contribution in [1.82, 2.24) is 20.2 Å². The highest BCUT2D eigenvalue weighted by Crippen LogP contribution is 2.48. The summed E-state index contributed by atoms with van der Waals surface area (Å²) in [7, 11) is 1.55. The Morgan fingerprint density at radius 3 is 2.75 bits per heavy atom. The number of anilines is 1. The molecule has 0 aliphatic heterocycles. The maximum Gasteiger partial charge on any atom is 0.259 e. The first-order valence-corrected chi connectivity index (χ1v) is 9.97. The number of halogens is 1. The highest BCUT2D eigenvalue weighted by Gasteiger charge is 2.37. The molecule has 1 N–H and O–H groups in total. The van der Waals surface area contributed by atoms with Gasteiger partial charge in [0.2, 0.25) is 5.13 Å². The first kappa shape index (κ1) is 18.8. The Labute approximate surface area is 171 Å². The fourth-order valence-electron chi connectivity index (χ4n) is 3.02. The first-order chi connectivity index (χ1) is 13.5. The van der Waals surface area contributed by atoms with Gasteiger partial charge in [0, 0.05) is 28.9 Å². The van der Waals surface area contributed by atoms with Crippen LogP contribution < -0.4 is 10.1 Å². The van der Waals surface area contributed by atoms with Gasteiger partial charge in [-0.2, -0.15) is 0 Å². The van der Waals surface area contributed by atoms with Gasteiger partial charge in [0.25, 0.3) is 5.91 Å². The van der Waals surface area contributed by atoms with Crippen LogP contribution in [0.5, 0.6) is 5.75 Å². The third kappa shape index (κ3) is 3.70. The molecule has 0 radical (unpaired) electrons. The van der Waals surface area contributed by atoms with Crippen LogP contribution in [0.1, 0.15) is 40.3 Å². The van der Waals surface area contributed by atoms with Crippen molar-refractivity contribution >= 4 is 34.0 Å². The molecule has 1 aliphatic carbocycles. The largest absolute Gasteiger partial charge is 0.494 e. The van der Waals surface area contributed by atoms with E-state index in [0.717, 1.165) is 17.1 Å². The SMILES string of the molecule is COc1cnc(Cl)cc1-c1cc(C)ncc1C(=O)Nc1nnc([C@@H]2C[C@H]2C)s1. The number of carbonyl (C=O) groups excluding carboxylic acids is 1. The predicted molar refractivity (Wildman–Crippen MR) is 108 cm³/mol. The summed E-state index contributed by atoms with van der Waals surface area (Å²) >= 11 is 7.49. The van der Waals surface area contributed by atoms with Crippen LogP contribution in [0.15, 0.2) is 24.5 Å². The van der Waals surface area contributed by atoms with Crippen molar-refractivity contribution in [3.63, 3.8) is 0 Å². The molecule has 2 atom stereocenters. The molecule has 28 heavy (non-hydrogen) atoms. The second-order valence-electron chi connectivity index (χ2n) is 6.80. The van der Waals surface area contributed by atoms with Crippen molar-refractivity contribution in [3.05, 3.63) is 45.9 Å². The molecule has 0 aromatic carbocycles. The van der Waals surface area contributed by atoms with Gasteiger partial charge in [0.05, 0.1) is 18.9 Å². The molecule has 0 bridgehead atoms. The Balaban J connectivity index is 1.67. The van der Waals surface area contributed by atoms with E-state index in [1.54, 1.807) is 19.4 Å². The Bertz CT molecular complexity index is 1050. The van der Waals surface area contributed by atoms with Crippen molar-refractivity contribution in [3.8, 4) is 16.9 Å². The lowest BCUT2D eigenvalue weighted by Gasteiger charge is -2.13. The number of carbonyl (C=O) groups is 1. The number of methoxy groups -OCH3 is 1. The monoisotopic (exact) mass is 415 g/mol. The molecule has 9 heteroatoms. The van der Waals surface area contributed by atoms with Crippen molar-refractivity contribution in [2.45, 2.75) is 26.2 Å². The van der Waals surface area contributed by atoms with Gasteiger partial charge >= 0.3 is 0 Å². The topological polar surface area (TPSA) is 89.9 Å². The summed E-state index contributed by atoms with van der Waals surface area (Å²) in [4.78, 5) is 21.3. The van der Waals surface area contributed by atoms with E-state index in [1.165, 1.54) is 17.5 Å². The van der Waals surface area contributed by atoms with E-state index >= 15 is 0 Å². The van der Waals surface area contributed by atoms with Crippen LogP contribution >= 0.6 is 22.9 Å². The van der Waals surface area contributed by atoms with E-state index in [9.17, 15) is 4.79 Å². The highest BCUT2D eigenvalue weighted by molar-refractivity contribution is 7.15. The Kier molecular flexibility index (Phi) is 4.99. The van der Waals surface area contributed by atoms with Gasteiger partial charge in [-0.15, -0.1) is 10.2 Å². The van der Waals surface area contributed by atoms with Crippen molar-refractivity contribution in [2.24, 2.45) is 5.92 Å². The number of rotatable bonds is 5. The van der Waals surface area contributed by atoms with Crippen molar-refractivity contribution < 1.29 is 9.53 Å². The number of nitrogens with zero attached hydrogens (tertiary/aromatic N) is 4. The second-order valence-corrected chi connectivity index (χ2v) is 8.19. The van der Waals surface area contributed by atoms with Gasteiger partial charge in [-0.1, -0.05) is 29.9 Å². The minimum Gasteiger partial charge on any atom is -0.494 e. The number of amides is 1. The number of aromatic nitrogens is 4. The zero-order valence-electron chi connectivity index (χ0n) is 15.6. The van der Waals surface area contributed by atoms with E-state index in [-0.39, 0.29) is 5.91 Å². The maximum atomic E-state index is 13.0. The summed E-state index contributed by atoms with van der Waals surface area (Å²) in [5.41, 5.74) is 2.49. The van der Waals surface area contributed by atoms with Crippen LogP contribution in [-0.4, -0.2) is 33.2 Å². The van der Waals surface area contributed by atoms with Gasteiger partial charge < -0.3 is 4.74 Å². The normalized spacial score (nSPS) is 18.0. The molecule has 1 saturated carbocycles. The zero-order chi connectivity index (χ0) is 19.8. The Morgan fingerprint density at radius 2 is 2.04 bits per heavy atom. The molecule has 1 aliphatic rings.